The lowest BCUT2D eigenvalue weighted by Gasteiger charge is -2.34. The molecule has 0 aromatic carbocycles. The second-order valence-electron chi connectivity index (χ2n) is 9.47. The highest BCUT2D eigenvalue weighted by atomic mass is 16.7. The monoisotopic (exact) mass is 394 g/mol. The van der Waals surface area contributed by atoms with Crippen molar-refractivity contribution in [2.24, 2.45) is 17.8 Å². The van der Waals surface area contributed by atoms with Crippen molar-refractivity contribution < 1.29 is 19.0 Å². The van der Waals surface area contributed by atoms with Crippen LogP contribution in [0.25, 0.3) is 0 Å². The van der Waals surface area contributed by atoms with Crippen LogP contribution in [0.4, 0.5) is 0 Å². The standard InChI is InChI=1S/C24H42O4/c1-4-18-15-19(5-2)20(16-18)21(27-23-11-7-10-14-26-23)17-22(25)28-24(6-3)12-8-9-13-24/h18-21,23H,4-17H2,1-3H3. The van der Waals surface area contributed by atoms with Gasteiger partial charge in [0.15, 0.2) is 6.29 Å². The Morgan fingerprint density at radius 3 is 2.46 bits per heavy atom. The number of hydrogen-bond donors (Lipinski definition) is 0. The molecule has 2 aliphatic carbocycles. The van der Waals surface area contributed by atoms with Crippen LogP contribution in [0.3, 0.4) is 0 Å². The fourth-order valence-electron chi connectivity index (χ4n) is 5.84. The van der Waals surface area contributed by atoms with Crippen LogP contribution in [0, 0.1) is 17.8 Å². The summed E-state index contributed by atoms with van der Waals surface area (Å²) in [6.45, 7) is 7.50. The van der Waals surface area contributed by atoms with E-state index in [9.17, 15) is 4.79 Å². The van der Waals surface area contributed by atoms with Gasteiger partial charge in [-0.1, -0.05) is 33.6 Å². The Labute approximate surface area is 172 Å². The lowest BCUT2D eigenvalue weighted by Crippen LogP contribution is -2.38. The topological polar surface area (TPSA) is 44.8 Å². The molecule has 0 amide bonds. The quantitative estimate of drug-likeness (QED) is 0.449. The highest BCUT2D eigenvalue weighted by Crippen LogP contribution is 2.44. The van der Waals surface area contributed by atoms with E-state index in [0.717, 1.165) is 51.0 Å². The third kappa shape index (κ3) is 5.50. The van der Waals surface area contributed by atoms with E-state index < -0.39 is 0 Å². The molecule has 162 valence electrons. The fourth-order valence-corrected chi connectivity index (χ4v) is 5.84. The van der Waals surface area contributed by atoms with E-state index in [0.29, 0.717) is 18.3 Å². The molecule has 1 saturated heterocycles. The Morgan fingerprint density at radius 2 is 1.86 bits per heavy atom. The number of hydrogen-bond acceptors (Lipinski definition) is 4. The molecule has 4 nitrogen and oxygen atoms in total. The number of ether oxygens (including phenoxy) is 3. The van der Waals surface area contributed by atoms with Crippen molar-refractivity contribution in [1.29, 1.82) is 0 Å². The maximum Gasteiger partial charge on any atom is 0.308 e. The van der Waals surface area contributed by atoms with E-state index in [-0.39, 0.29) is 24.0 Å². The zero-order valence-corrected chi connectivity index (χ0v) is 18.4. The van der Waals surface area contributed by atoms with Crippen LogP contribution < -0.4 is 0 Å². The molecular formula is C24H42O4. The molecule has 3 fully saturated rings. The highest BCUT2D eigenvalue weighted by Gasteiger charge is 2.42. The fraction of sp³-hybridized carbons (Fsp3) is 0.958. The van der Waals surface area contributed by atoms with E-state index in [2.05, 4.69) is 20.8 Å². The lowest BCUT2D eigenvalue weighted by molar-refractivity contribution is -0.207. The number of rotatable bonds is 9. The minimum Gasteiger partial charge on any atom is -0.459 e. The summed E-state index contributed by atoms with van der Waals surface area (Å²) in [6.07, 6.45) is 13.6. The first-order valence-electron chi connectivity index (χ1n) is 12.1. The van der Waals surface area contributed by atoms with Gasteiger partial charge in [-0.3, -0.25) is 4.79 Å². The third-order valence-corrected chi connectivity index (χ3v) is 7.75. The maximum absolute atomic E-state index is 13.0. The van der Waals surface area contributed by atoms with Gasteiger partial charge in [-0.15, -0.1) is 0 Å². The van der Waals surface area contributed by atoms with E-state index >= 15 is 0 Å². The van der Waals surface area contributed by atoms with Crippen molar-refractivity contribution in [2.45, 2.75) is 122 Å². The Kier molecular flexibility index (Phi) is 8.22. The van der Waals surface area contributed by atoms with Crippen LogP contribution >= 0.6 is 0 Å². The second-order valence-corrected chi connectivity index (χ2v) is 9.47. The molecule has 1 aliphatic heterocycles. The van der Waals surface area contributed by atoms with E-state index in [4.69, 9.17) is 14.2 Å². The average molecular weight is 395 g/mol. The molecule has 5 unspecified atom stereocenters. The van der Waals surface area contributed by atoms with Crippen molar-refractivity contribution in [3.8, 4) is 0 Å². The predicted molar refractivity (Wildman–Crippen MR) is 111 cm³/mol. The smallest absolute Gasteiger partial charge is 0.308 e. The van der Waals surface area contributed by atoms with Crippen LogP contribution in [0.15, 0.2) is 0 Å². The molecular weight excluding hydrogens is 352 g/mol. The first-order valence-corrected chi connectivity index (χ1v) is 12.1. The summed E-state index contributed by atoms with van der Waals surface area (Å²) in [7, 11) is 0. The lowest BCUT2D eigenvalue weighted by atomic mass is 9.87. The summed E-state index contributed by atoms with van der Waals surface area (Å²) in [5, 5.41) is 0. The van der Waals surface area contributed by atoms with Crippen molar-refractivity contribution in [3.05, 3.63) is 0 Å². The third-order valence-electron chi connectivity index (χ3n) is 7.75. The molecule has 3 aliphatic rings. The van der Waals surface area contributed by atoms with Gasteiger partial charge in [0, 0.05) is 6.61 Å². The molecule has 0 radical (unpaired) electrons. The van der Waals surface area contributed by atoms with Gasteiger partial charge in [0.25, 0.3) is 0 Å². The van der Waals surface area contributed by atoms with Gasteiger partial charge in [-0.2, -0.15) is 0 Å². The van der Waals surface area contributed by atoms with Gasteiger partial charge in [-0.05, 0) is 82.0 Å². The van der Waals surface area contributed by atoms with Crippen LogP contribution in [-0.2, 0) is 19.0 Å². The minimum atomic E-state index is -0.214. The summed E-state index contributed by atoms with van der Waals surface area (Å²) in [5.74, 6) is 1.81. The Hall–Kier alpha value is -0.610. The molecule has 3 rings (SSSR count). The molecule has 4 heteroatoms. The molecule has 0 aromatic heterocycles. The number of esters is 1. The SMILES string of the molecule is CCC1CC(CC)C(C(CC(=O)OC2(CC)CCCC2)OC2CCCCO2)C1. The minimum absolute atomic E-state index is 0.0561. The first-order chi connectivity index (χ1) is 13.6. The molecule has 5 atom stereocenters. The first kappa shape index (κ1) is 22.1. The van der Waals surface area contributed by atoms with Crippen molar-refractivity contribution >= 4 is 5.97 Å². The summed E-state index contributed by atoms with van der Waals surface area (Å²) < 4.78 is 18.4. The average Bonchev–Trinajstić information content (AvgIpc) is 3.35. The zero-order valence-electron chi connectivity index (χ0n) is 18.4. The van der Waals surface area contributed by atoms with Gasteiger partial charge in [0.05, 0.1) is 12.5 Å². The normalized spacial score (nSPS) is 33.7. The maximum atomic E-state index is 13.0. The summed E-state index contributed by atoms with van der Waals surface area (Å²) in [4.78, 5) is 13.0. The van der Waals surface area contributed by atoms with Crippen LogP contribution in [0.1, 0.15) is 104 Å². The molecule has 28 heavy (non-hydrogen) atoms. The Balaban J connectivity index is 1.67. The number of carbonyl (C=O) groups is 1. The Bertz CT molecular complexity index is 479. The van der Waals surface area contributed by atoms with Crippen LogP contribution in [0.5, 0.6) is 0 Å². The number of carbonyl (C=O) groups excluding carboxylic acids is 1. The van der Waals surface area contributed by atoms with Gasteiger partial charge in [-0.25, -0.2) is 0 Å². The van der Waals surface area contributed by atoms with E-state index in [1.54, 1.807) is 0 Å². The molecule has 0 N–H and O–H groups in total. The van der Waals surface area contributed by atoms with E-state index in [1.165, 1.54) is 38.5 Å². The van der Waals surface area contributed by atoms with Gasteiger partial charge >= 0.3 is 5.97 Å². The Morgan fingerprint density at radius 1 is 1.07 bits per heavy atom. The summed E-state index contributed by atoms with van der Waals surface area (Å²) >= 11 is 0. The molecule has 0 aromatic rings. The summed E-state index contributed by atoms with van der Waals surface area (Å²) in [6, 6.07) is 0. The van der Waals surface area contributed by atoms with Crippen LogP contribution in [0.2, 0.25) is 0 Å². The predicted octanol–water partition coefficient (Wildman–Crippen LogP) is 6.02. The summed E-state index contributed by atoms with van der Waals surface area (Å²) in [5.41, 5.74) is -0.214. The van der Waals surface area contributed by atoms with Gasteiger partial charge in [0.2, 0.25) is 0 Å². The zero-order chi connectivity index (χ0) is 20.0. The van der Waals surface area contributed by atoms with Crippen LogP contribution in [-0.4, -0.2) is 30.6 Å². The molecule has 2 saturated carbocycles. The van der Waals surface area contributed by atoms with Gasteiger partial charge in [0.1, 0.15) is 5.60 Å². The van der Waals surface area contributed by atoms with Crippen molar-refractivity contribution in [1.82, 2.24) is 0 Å². The van der Waals surface area contributed by atoms with E-state index in [1.807, 2.05) is 0 Å². The molecule has 0 bridgehead atoms. The second kappa shape index (κ2) is 10.4. The van der Waals surface area contributed by atoms with Gasteiger partial charge < -0.3 is 14.2 Å². The van der Waals surface area contributed by atoms with Crippen molar-refractivity contribution in [2.75, 3.05) is 6.61 Å². The molecule has 1 heterocycles. The highest BCUT2D eigenvalue weighted by molar-refractivity contribution is 5.70. The molecule has 0 spiro atoms. The largest absolute Gasteiger partial charge is 0.459 e. The van der Waals surface area contributed by atoms with Crippen molar-refractivity contribution in [3.63, 3.8) is 0 Å².